The Kier molecular flexibility index (Phi) is 6.97. The molecule has 0 nitrogen and oxygen atoms in total. The Balaban J connectivity index is 1.11. The quantitative estimate of drug-likeness (QED) is 0.179. The van der Waals surface area contributed by atoms with Crippen LogP contribution in [0.15, 0.2) is 168 Å². The predicted octanol–water partition coefficient (Wildman–Crippen LogP) is 12.9. The molecule has 0 amide bonds. The smallest absolute Gasteiger partial charge is 0.0152 e. The van der Waals surface area contributed by atoms with Crippen molar-refractivity contribution in [2.45, 2.75) is 23.6 Å². The second-order valence-electron chi connectivity index (χ2n) is 11.9. The normalized spacial score (nSPS) is 11.4. The lowest BCUT2D eigenvalue weighted by molar-refractivity contribution is 1.26. The first-order valence-corrected chi connectivity index (χ1v) is 16.3. The maximum absolute atomic E-state index is 2.37. The van der Waals surface area contributed by atoms with Crippen molar-refractivity contribution in [3.63, 3.8) is 0 Å². The molecule has 0 aliphatic rings. The molecule has 1 heteroatoms. The largest absolute Gasteiger partial charge is 0.0895 e. The van der Waals surface area contributed by atoms with Gasteiger partial charge in [0.05, 0.1) is 0 Å². The van der Waals surface area contributed by atoms with Crippen molar-refractivity contribution in [1.82, 2.24) is 0 Å². The Morgan fingerprint density at radius 3 is 1.24 bits per heavy atom. The molecule has 0 saturated carbocycles. The van der Waals surface area contributed by atoms with Gasteiger partial charge in [-0.3, -0.25) is 0 Å². The van der Waals surface area contributed by atoms with Crippen molar-refractivity contribution >= 4 is 44.1 Å². The molecular weight excluding hydrogens is 561 g/mol. The zero-order chi connectivity index (χ0) is 30.3. The van der Waals surface area contributed by atoms with Gasteiger partial charge in [0.1, 0.15) is 0 Å². The Morgan fingerprint density at radius 1 is 0.289 bits per heavy atom. The number of hydrogen-bond acceptors (Lipinski definition) is 1. The summed E-state index contributed by atoms with van der Waals surface area (Å²) >= 11 is 1.85. The van der Waals surface area contributed by atoms with Crippen LogP contribution in [0.5, 0.6) is 0 Å². The fraction of sp³-hybridized carbons (Fsp3) is 0.0455. The average Bonchev–Trinajstić information content (AvgIpc) is 3.10. The van der Waals surface area contributed by atoms with Crippen molar-refractivity contribution in [2.75, 3.05) is 0 Å². The fourth-order valence-corrected chi connectivity index (χ4v) is 7.55. The third-order valence-corrected chi connectivity index (χ3v) is 10.3. The minimum atomic E-state index is 1.23. The summed E-state index contributed by atoms with van der Waals surface area (Å²) in [5.41, 5.74) is 10.1. The van der Waals surface area contributed by atoms with Crippen LogP contribution in [0, 0.1) is 13.8 Å². The van der Waals surface area contributed by atoms with Gasteiger partial charge in [-0.25, -0.2) is 0 Å². The van der Waals surface area contributed by atoms with Gasteiger partial charge in [0, 0.05) is 9.79 Å². The summed E-state index contributed by atoms with van der Waals surface area (Å²) in [6.45, 7) is 4.43. The summed E-state index contributed by atoms with van der Waals surface area (Å²) in [4.78, 5) is 2.59. The van der Waals surface area contributed by atoms with Gasteiger partial charge >= 0.3 is 0 Å². The van der Waals surface area contributed by atoms with E-state index in [1.165, 1.54) is 86.6 Å². The van der Waals surface area contributed by atoms with E-state index in [4.69, 9.17) is 0 Å². The van der Waals surface area contributed by atoms with Gasteiger partial charge in [-0.1, -0.05) is 145 Å². The molecule has 0 fully saturated rings. The highest BCUT2D eigenvalue weighted by atomic mass is 32.2. The zero-order valence-electron chi connectivity index (χ0n) is 25.4. The van der Waals surface area contributed by atoms with Gasteiger partial charge in [-0.2, -0.15) is 0 Å². The van der Waals surface area contributed by atoms with Crippen LogP contribution < -0.4 is 0 Å². The fourth-order valence-electron chi connectivity index (χ4n) is 6.60. The van der Waals surface area contributed by atoms with Crippen molar-refractivity contribution in [2.24, 2.45) is 0 Å². The minimum absolute atomic E-state index is 1.23. The van der Waals surface area contributed by atoms with E-state index in [1.54, 1.807) is 0 Å². The molecule has 0 N–H and O–H groups in total. The summed E-state index contributed by atoms with van der Waals surface area (Å²) in [6.07, 6.45) is 0. The SMILES string of the molecule is Cc1cc(-c2ccccc2)ccc1Sc1ccc(-c2cccc(-c3ccc4c5ccccc5c5ccccc5c4c3)c2)cc1C. The molecule has 0 radical (unpaired) electrons. The van der Waals surface area contributed by atoms with E-state index in [2.05, 4.69) is 172 Å². The highest BCUT2D eigenvalue weighted by molar-refractivity contribution is 7.99. The molecule has 0 aromatic heterocycles. The zero-order valence-corrected chi connectivity index (χ0v) is 26.2. The Bertz CT molecular complexity index is 2330. The molecular formula is C44H32S. The molecule has 0 saturated heterocycles. The summed E-state index contributed by atoms with van der Waals surface area (Å²) in [6, 6.07) is 57.7. The molecule has 8 aromatic rings. The molecule has 0 unspecified atom stereocenters. The van der Waals surface area contributed by atoms with Crippen LogP contribution in [0.4, 0.5) is 0 Å². The van der Waals surface area contributed by atoms with Crippen LogP contribution in [0.2, 0.25) is 0 Å². The third-order valence-electron chi connectivity index (χ3n) is 8.95. The van der Waals surface area contributed by atoms with E-state index in [9.17, 15) is 0 Å². The first-order chi connectivity index (χ1) is 22.1. The molecule has 8 rings (SSSR count). The highest BCUT2D eigenvalue weighted by Gasteiger charge is 2.11. The van der Waals surface area contributed by atoms with Crippen molar-refractivity contribution in [1.29, 1.82) is 0 Å². The van der Waals surface area contributed by atoms with Crippen LogP contribution in [0.25, 0.3) is 65.7 Å². The molecule has 214 valence electrons. The van der Waals surface area contributed by atoms with Gasteiger partial charge in [0.15, 0.2) is 0 Å². The summed E-state index contributed by atoms with van der Waals surface area (Å²) in [5.74, 6) is 0. The Morgan fingerprint density at radius 2 is 0.689 bits per heavy atom. The molecule has 8 aromatic carbocycles. The van der Waals surface area contributed by atoms with Crippen molar-refractivity contribution < 1.29 is 0 Å². The van der Waals surface area contributed by atoms with E-state index in [0.717, 1.165) is 0 Å². The maximum atomic E-state index is 2.37. The van der Waals surface area contributed by atoms with E-state index < -0.39 is 0 Å². The topological polar surface area (TPSA) is 0 Å². The molecule has 0 bridgehead atoms. The Labute approximate surface area is 269 Å². The summed E-state index contributed by atoms with van der Waals surface area (Å²) < 4.78 is 0. The third kappa shape index (κ3) is 5.10. The maximum Gasteiger partial charge on any atom is 0.0152 e. The van der Waals surface area contributed by atoms with Gasteiger partial charge in [0.2, 0.25) is 0 Å². The minimum Gasteiger partial charge on any atom is -0.0895 e. The van der Waals surface area contributed by atoms with Crippen molar-refractivity contribution in [3.8, 4) is 33.4 Å². The van der Waals surface area contributed by atoms with Crippen LogP contribution in [0.1, 0.15) is 11.1 Å². The number of fused-ring (bicyclic) bond motifs is 6. The lowest BCUT2D eigenvalue weighted by Crippen LogP contribution is -1.88. The number of aryl methyl sites for hydroxylation is 2. The number of benzene rings is 8. The van der Waals surface area contributed by atoms with E-state index >= 15 is 0 Å². The highest BCUT2D eigenvalue weighted by Crippen LogP contribution is 2.39. The molecule has 0 heterocycles. The van der Waals surface area contributed by atoms with E-state index in [1.807, 2.05) is 11.8 Å². The molecule has 0 atom stereocenters. The second kappa shape index (κ2) is 11.4. The van der Waals surface area contributed by atoms with Gasteiger partial charge in [-0.15, -0.1) is 0 Å². The van der Waals surface area contributed by atoms with Crippen LogP contribution in [-0.2, 0) is 0 Å². The van der Waals surface area contributed by atoms with E-state index in [-0.39, 0.29) is 0 Å². The lowest BCUT2D eigenvalue weighted by atomic mass is 9.91. The summed E-state index contributed by atoms with van der Waals surface area (Å²) in [7, 11) is 0. The molecule has 0 aliphatic heterocycles. The van der Waals surface area contributed by atoms with E-state index in [0.29, 0.717) is 0 Å². The molecule has 45 heavy (non-hydrogen) atoms. The first kappa shape index (κ1) is 27.4. The van der Waals surface area contributed by atoms with Crippen LogP contribution in [-0.4, -0.2) is 0 Å². The first-order valence-electron chi connectivity index (χ1n) is 15.5. The average molecular weight is 593 g/mol. The Hall–Kier alpha value is -5.11. The number of hydrogen-bond donors (Lipinski definition) is 0. The molecule has 0 aliphatic carbocycles. The lowest BCUT2D eigenvalue weighted by Gasteiger charge is -2.13. The molecule has 0 spiro atoms. The predicted molar refractivity (Wildman–Crippen MR) is 195 cm³/mol. The van der Waals surface area contributed by atoms with Crippen LogP contribution >= 0.6 is 11.8 Å². The summed E-state index contributed by atoms with van der Waals surface area (Å²) in [5, 5.41) is 7.84. The standard InChI is InChI=1S/C44H32S/c1-29-25-34(31-11-4-3-5-12-31)20-23-43(29)45-44-24-21-35(26-30(44)2)32-13-10-14-33(27-32)36-19-22-41-39-17-7-6-15-37(39)38-16-8-9-18-40(38)42(41)28-36/h3-28H,1-2H3. The van der Waals surface area contributed by atoms with Gasteiger partial charge in [0.25, 0.3) is 0 Å². The monoisotopic (exact) mass is 592 g/mol. The van der Waals surface area contributed by atoms with Crippen LogP contribution in [0.3, 0.4) is 0 Å². The van der Waals surface area contributed by atoms with Crippen molar-refractivity contribution in [3.05, 3.63) is 169 Å². The van der Waals surface area contributed by atoms with Gasteiger partial charge < -0.3 is 0 Å². The second-order valence-corrected chi connectivity index (χ2v) is 12.9. The van der Waals surface area contributed by atoms with Gasteiger partial charge in [-0.05, 0) is 115 Å². The number of rotatable bonds is 5.